The molecule has 0 spiro atoms. The topological polar surface area (TPSA) is 79.4 Å². The lowest BCUT2D eigenvalue weighted by atomic mass is 10.4. The van der Waals surface area contributed by atoms with E-state index in [0.717, 1.165) is 0 Å². The molecule has 0 radical (unpaired) electrons. The van der Waals surface area contributed by atoms with Crippen molar-refractivity contribution >= 4 is 29.0 Å². The third kappa shape index (κ3) is 3.45. The summed E-state index contributed by atoms with van der Waals surface area (Å²) in [5, 5.41) is 6.19. The molecule has 104 valence electrons. The van der Waals surface area contributed by atoms with Gasteiger partial charge in [-0.3, -0.25) is 4.79 Å². The van der Waals surface area contributed by atoms with Gasteiger partial charge in [-0.05, 0) is 0 Å². The molecule has 2 heterocycles. The van der Waals surface area contributed by atoms with Crippen molar-refractivity contribution in [2.24, 2.45) is 0 Å². The number of halogens is 1. The van der Waals surface area contributed by atoms with Crippen molar-refractivity contribution < 1.29 is 9.53 Å². The van der Waals surface area contributed by atoms with Crippen LogP contribution < -0.4 is 10.6 Å². The van der Waals surface area contributed by atoms with Crippen LogP contribution >= 0.6 is 11.6 Å². The van der Waals surface area contributed by atoms with Crippen LogP contribution in [0.2, 0.25) is 5.15 Å². The van der Waals surface area contributed by atoms with Crippen LogP contribution in [0, 0.1) is 0 Å². The van der Waals surface area contributed by atoms with Crippen LogP contribution in [0.15, 0.2) is 6.33 Å². The zero-order valence-electron chi connectivity index (χ0n) is 10.6. The number of hydrogen-bond acceptors (Lipinski definition) is 6. The van der Waals surface area contributed by atoms with E-state index < -0.39 is 0 Å². The van der Waals surface area contributed by atoms with E-state index >= 15 is 0 Å². The number of morpholine rings is 1. The van der Waals surface area contributed by atoms with Crippen molar-refractivity contribution in [1.29, 1.82) is 0 Å². The molecule has 0 unspecified atom stereocenters. The van der Waals surface area contributed by atoms with Crippen LogP contribution in [0.4, 0.5) is 11.5 Å². The average Bonchev–Trinajstić information content (AvgIpc) is 2.45. The molecule has 1 amide bonds. The number of rotatable bonds is 4. The second kappa shape index (κ2) is 6.53. The van der Waals surface area contributed by atoms with Crippen LogP contribution in [-0.2, 0) is 9.53 Å². The predicted octanol–water partition coefficient (Wildman–Crippen LogP) is 0.442. The zero-order valence-corrected chi connectivity index (χ0v) is 11.4. The predicted molar refractivity (Wildman–Crippen MR) is 72.5 cm³/mol. The average molecular weight is 286 g/mol. The van der Waals surface area contributed by atoms with Gasteiger partial charge in [0.25, 0.3) is 0 Å². The van der Waals surface area contributed by atoms with E-state index in [9.17, 15) is 4.79 Å². The number of ether oxygens (including phenoxy) is 1. The van der Waals surface area contributed by atoms with E-state index in [2.05, 4.69) is 20.6 Å². The first-order valence-corrected chi connectivity index (χ1v) is 6.38. The maximum atomic E-state index is 12.0. The van der Waals surface area contributed by atoms with Gasteiger partial charge < -0.3 is 20.3 Å². The number of anilines is 2. The van der Waals surface area contributed by atoms with Crippen molar-refractivity contribution in [3.63, 3.8) is 0 Å². The lowest BCUT2D eigenvalue weighted by Gasteiger charge is -2.27. The third-order valence-corrected chi connectivity index (χ3v) is 3.11. The highest BCUT2D eigenvalue weighted by molar-refractivity contribution is 6.32. The van der Waals surface area contributed by atoms with Gasteiger partial charge in [-0.1, -0.05) is 11.6 Å². The molecule has 0 atom stereocenters. The Kier molecular flexibility index (Phi) is 4.75. The standard InChI is InChI=1S/C11H16ClN5O2/c1-13-9-10(12)15-7-16-11(9)14-6-8(18)17-2-4-19-5-3-17/h7,13H,2-6H2,1H3,(H,14,15,16). The Bertz CT molecular complexity index is 451. The summed E-state index contributed by atoms with van der Waals surface area (Å²) in [4.78, 5) is 21.7. The van der Waals surface area contributed by atoms with Gasteiger partial charge in [-0.25, -0.2) is 9.97 Å². The van der Waals surface area contributed by atoms with Crippen LogP contribution in [-0.4, -0.2) is 60.7 Å². The maximum absolute atomic E-state index is 12.0. The van der Waals surface area contributed by atoms with Crippen LogP contribution in [0.5, 0.6) is 0 Å². The minimum atomic E-state index is 0.0140. The number of carbonyl (C=O) groups excluding carboxylic acids is 1. The van der Waals surface area contributed by atoms with Crippen LogP contribution in [0.1, 0.15) is 0 Å². The highest BCUT2D eigenvalue weighted by atomic mass is 35.5. The molecule has 1 aromatic rings. The molecule has 0 aliphatic carbocycles. The normalized spacial score (nSPS) is 15.2. The van der Waals surface area contributed by atoms with E-state index in [1.165, 1.54) is 6.33 Å². The molecular weight excluding hydrogens is 270 g/mol. The molecule has 8 heteroatoms. The van der Waals surface area contributed by atoms with Crippen molar-refractivity contribution in [3.05, 3.63) is 11.5 Å². The number of aromatic nitrogens is 2. The van der Waals surface area contributed by atoms with Gasteiger partial charge in [0.2, 0.25) is 5.91 Å². The van der Waals surface area contributed by atoms with E-state index in [4.69, 9.17) is 16.3 Å². The maximum Gasteiger partial charge on any atom is 0.242 e. The summed E-state index contributed by atoms with van der Waals surface area (Å²) < 4.78 is 5.20. The number of carbonyl (C=O) groups is 1. The van der Waals surface area contributed by atoms with Gasteiger partial charge in [0.15, 0.2) is 11.0 Å². The van der Waals surface area contributed by atoms with Crippen molar-refractivity contribution in [2.75, 3.05) is 50.5 Å². The summed E-state index contributed by atoms with van der Waals surface area (Å²) in [6.45, 7) is 2.61. The van der Waals surface area contributed by atoms with E-state index in [-0.39, 0.29) is 12.5 Å². The van der Waals surface area contributed by atoms with Gasteiger partial charge in [-0.15, -0.1) is 0 Å². The summed E-state index contributed by atoms with van der Waals surface area (Å²) >= 11 is 5.93. The molecule has 7 nitrogen and oxygen atoms in total. The van der Waals surface area contributed by atoms with Gasteiger partial charge in [0.1, 0.15) is 12.0 Å². The van der Waals surface area contributed by atoms with Crippen molar-refractivity contribution in [3.8, 4) is 0 Å². The molecule has 1 saturated heterocycles. The van der Waals surface area contributed by atoms with Crippen LogP contribution in [0.3, 0.4) is 0 Å². The lowest BCUT2D eigenvalue weighted by molar-refractivity contribution is -0.133. The molecule has 1 fully saturated rings. The Balaban J connectivity index is 1.94. The summed E-state index contributed by atoms with van der Waals surface area (Å²) in [6.07, 6.45) is 1.35. The largest absolute Gasteiger partial charge is 0.383 e. The SMILES string of the molecule is CNc1c(Cl)ncnc1NCC(=O)N1CCOCC1. The Morgan fingerprint density at radius 2 is 2.21 bits per heavy atom. The smallest absolute Gasteiger partial charge is 0.242 e. The Hall–Kier alpha value is -1.60. The number of nitrogens with zero attached hydrogens (tertiary/aromatic N) is 3. The van der Waals surface area contributed by atoms with Gasteiger partial charge in [0.05, 0.1) is 19.8 Å². The monoisotopic (exact) mass is 285 g/mol. The fraction of sp³-hybridized carbons (Fsp3) is 0.545. The number of hydrogen-bond donors (Lipinski definition) is 2. The molecule has 0 bridgehead atoms. The quantitative estimate of drug-likeness (QED) is 0.782. The van der Waals surface area contributed by atoms with Crippen LogP contribution in [0.25, 0.3) is 0 Å². The fourth-order valence-electron chi connectivity index (χ4n) is 1.80. The summed E-state index contributed by atoms with van der Waals surface area (Å²) in [5.41, 5.74) is 0.582. The molecule has 19 heavy (non-hydrogen) atoms. The van der Waals surface area contributed by atoms with E-state index in [1.54, 1.807) is 11.9 Å². The fourth-order valence-corrected chi connectivity index (χ4v) is 2.03. The Morgan fingerprint density at radius 3 is 2.89 bits per heavy atom. The minimum absolute atomic E-state index is 0.0140. The van der Waals surface area contributed by atoms with E-state index in [0.29, 0.717) is 43.0 Å². The second-order valence-electron chi connectivity index (χ2n) is 3.98. The summed E-state index contributed by atoms with van der Waals surface area (Å²) in [5.74, 6) is 0.532. The minimum Gasteiger partial charge on any atom is -0.383 e. The molecule has 1 aromatic heterocycles. The summed E-state index contributed by atoms with van der Waals surface area (Å²) in [6, 6.07) is 0. The number of nitrogens with one attached hydrogen (secondary N) is 2. The highest BCUT2D eigenvalue weighted by Gasteiger charge is 2.17. The van der Waals surface area contributed by atoms with E-state index in [1.807, 2.05) is 0 Å². The molecule has 1 aliphatic rings. The molecule has 1 aliphatic heterocycles. The first kappa shape index (κ1) is 13.8. The Labute approximate surface area is 116 Å². The van der Waals surface area contributed by atoms with Crippen molar-refractivity contribution in [2.45, 2.75) is 0 Å². The Morgan fingerprint density at radius 1 is 1.47 bits per heavy atom. The molecule has 2 N–H and O–H groups in total. The lowest BCUT2D eigenvalue weighted by Crippen LogP contribution is -2.43. The number of amides is 1. The molecular formula is C11H16ClN5O2. The second-order valence-corrected chi connectivity index (χ2v) is 4.34. The first-order valence-electron chi connectivity index (χ1n) is 6.00. The highest BCUT2D eigenvalue weighted by Crippen LogP contribution is 2.24. The zero-order chi connectivity index (χ0) is 13.7. The summed E-state index contributed by atoms with van der Waals surface area (Å²) in [7, 11) is 1.72. The molecule has 0 aromatic carbocycles. The van der Waals surface area contributed by atoms with Gasteiger partial charge >= 0.3 is 0 Å². The van der Waals surface area contributed by atoms with Gasteiger partial charge in [-0.2, -0.15) is 0 Å². The van der Waals surface area contributed by atoms with Gasteiger partial charge in [0, 0.05) is 20.1 Å². The third-order valence-electron chi connectivity index (χ3n) is 2.82. The molecule has 2 rings (SSSR count). The molecule has 0 saturated carbocycles. The first-order chi connectivity index (χ1) is 9.22. The van der Waals surface area contributed by atoms with Crippen molar-refractivity contribution in [1.82, 2.24) is 14.9 Å².